The van der Waals surface area contributed by atoms with Crippen LogP contribution in [0.2, 0.25) is 0 Å². The summed E-state index contributed by atoms with van der Waals surface area (Å²) in [5.41, 5.74) is 2.20. The maximum Gasteiger partial charge on any atom is 0.222 e. The van der Waals surface area contributed by atoms with Crippen LogP contribution in [-0.4, -0.2) is 28.9 Å². The second-order valence-corrected chi connectivity index (χ2v) is 7.60. The van der Waals surface area contributed by atoms with E-state index < -0.39 is 0 Å². The molecule has 0 fully saturated rings. The molecule has 0 aliphatic rings. The Bertz CT molecular complexity index is 697. The lowest BCUT2D eigenvalue weighted by atomic mass is 10.1. The number of carbonyl (C=O) groups excluding carboxylic acids is 1. The molecule has 0 saturated heterocycles. The Hall–Kier alpha value is -2.42. The molecule has 3 heteroatoms. The minimum atomic E-state index is 0.257. The number of nitrogens with zero attached hydrogens (tertiary/aromatic N) is 2. The van der Waals surface area contributed by atoms with E-state index in [1.807, 2.05) is 47.5 Å². The van der Waals surface area contributed by atoms with Crippen LogP contribution in [0.25, 0.3) is 6.08 Å². The van der Waals surface area contributed by atoms with Crippen molar-refractivity contribution in [2.24, 2.45) is 0 Å². The van der Waals surface area contributed by atoms with Gasteiger partial charge in [-0.2, -0.15) is 0 Å². The third kappa shape index (κ3) is 10.1. The largest absolute Gasteiger partial charge is 0.339 e. The van der Waals surface area contributed by atoms with Crippen molar-refractivity contribution in [2.45, 2.75) is 64.7 Å². The summed E-state index contributed by atoms with van der Waals surface area (Å²) >= 11 is 0. The second-order valence-electron chi connectivity index (χ2n) is 7.60. The highest BCUT2D eigenvalue weighted by Crippen LogP contribution is 2.10. The number of amides is 1. The fourth-order valence-electron chi connectivity index (χ4n) is 3.38. The van der Waals surface area contributed by atoms with Gasteiger partial charge in [0.15, 0.2) is 0 Å². The molecule has 2 aromatic rings. The Labute approximate surface area is 176 Å². The number of hydrogen-bond donors (Lipinski definition) is 0. The first-order valence-electron chi connectivity index (χ1n) is 11.2. The fraction of sp³-hybridized carbons (Fsp3) is 0.462. The molecule has 0 N–H and O–H groups in total. The highest BCUT2D eigenvalue weighted by atomic mass is 16.2. The van der Waals surface area contributed by atoms with E-state index in [0.29, 0.717) is 19.5 Å². The van der Waals surface area contributed by atoms with Gasteiger partial charge in [0.2, 0.25) is 5.91 Å². The number of carbonyl (C=O) groups is 1. The monoisotopic (exact) mass is 392 g/mol. The summed E-state index contributed by atoms with van der Waals surface area (Å²) in [6.07, 6.45) is 16.1. The lowest BCUT2D eigenvalue weighted by molar-refractivity contribution is -0.130. The van der Waals surface area contributed by atoms with Crippen molar-refractivity contribution in [1.29, 1.82) is 0 Å². The van der Waals surface area contributed by atoms with Gasteiger partial charge < -0.3 is 4.90 Å². The number of rotatable bonds is 14. The van der Waals surface area contributed by atoms with Crippen molar-refractivity contribution in [3.05, 3.63) is 72.1 Å². The van der Waals surface area contributed by atoms with Gasteiger partial charge in [-0.15, -0.1) is 0 Å². The van der Waals surface area contributed by atoms with Crippen molar-refractivity contribution in [3.63, 3.8) is 0 Å². The van der Waals surface area contributed by atoms with Crippen LogP contribution < -0.4 is 0 Å². The van der Waals surface area contributed by atoms with Crippen molar-refractivity contribution in [2.75, 3.05) is 13.1 Å². The Morgan fingerprint density at radius 3 is 2.38 bits per heavy atom. The smallest absolute Gasteiger partial charge is 0.222 e. The quantitative estimate of drug-likeness (QED) is 0.353. The van der Waals surface area contributed by atoms with Gasteiger partial charge in [-0.05, 0) is 24.1 Å². The van der Waals surface area contributed by atoms with Gasteiger partial charge in [0.1, 0.15) is 0 Å². The highest BCUT2D eigenvalue weighted by Gasteiger charge is 2.12. The summed E-state index contributed by atoms with van der Waals surface area (Å²) < 4.78 is 0. The zero-order chi connectivity index (χ0) is 20.6. The molecule has 1 amide bonds. The van der Waals surface area contributed by atoms with Gasteiger partial charge in [-0.3, -0.25) is 9.78 Å². The third-order valence-electron chi connectivity index (χ3n) is 5.15. The number of unbranched alkanes of at least 4 members (excludes halogenated alkanes) is 6. The summed E-state index contributed by atoms with van der Waals surface area (Å²) in [4.78, 5) is 19.2. The van der Waals surface area contributed by atoms with Crippen LogP contribution in [0, 0.1) is 0 Å². The lowest BCUT2D eigenvalue weighted by Crippen LogP contribution is -2.33. The van der Waals surface area contributed by atoms with Crippen molar-refractivity contribution in [1.82, 2.24) is 9.88 Å². The third-order valence-corrected chi connectivity index (χ3v) is 5.15. The van der Waals surface area contributed by atoms with Crippen molar-refractivity contribution >= 4 is 12.0 Å². The molecule has 0 aliphatic carbocycles. The van der Waals surface area contributed by atoms with Crippen LogP contribution in [0.4, 0.5) is 0 Å². The zero-order valence-corrected chi connectivity index (χ0v) is 17.9. The topological polar surface area (TPSA) is 33.2 Å². The van der Waals surface area contributed by atoms with Crippen molar-refractivity contribution < 1.29 is 4.79 Å². The van der Waals surface area contributed by atoms with Gasteiger partial charge >= 0.3 is 0 Å². The number of benzene rings is 1. The summed E-state index contributed by atoms with van der Waals surface area (Å²) in [5, 5.41) is 0. The molecule has 0 atom stereocenters. The molecule has 0 radical (unpaired) electrons. The van der Waals surface area contributed by atoms with Crippen LogP contribution in [0.3, 0.4) is 0 Å². The van der Waals surface area contributed by atoms with E-state index in [2.05, 4.69) is 36.2 Å². The molecular formula is C26H36N2O. The van der Waals surface area contributed by atoms with Gasteiger partial charge in [0.05, 0.1) is 0 Å². The highest BCUT2D eigenvalue weighted by molar-refractivity contribution is 5.76. The molecule has 2 rings (SSSR count). The molecule has 0 bridgehead atoms. The molecule has 0 aliphatic heterocycles. The SMILES string of the molecule is CCCCCCCCCC(=O)N(C/C=C/c1ccccc1)CCc1ccccn1. The molecule has 0 saturated carbocycles. The van der Waals surface area contributed by atoms with Crippen molar-refractivity contribution in [3.8, 4) is 0 Å². The average molecular weight is 393 g/mol. The van der Waals surface area contributed by atoms with Crippen LogP contribution in [0.5, 0.6) is 0 Å². The fourth-order valence-corrected chi connectivity index (χ4v) is 3.38. The first-order chi connectivity index (χ1) is 14.3. The van der Waals surface area contributed by atoms with Crippen LogP contribution in [-0.2, 0) is 11.2 Å². The lowest BCUT2D eigenvalue weighted by Gasteiger charge is -2.21. The standard InChI is InChI=1S/C26H36N2O/c1-2-3-4-5-6-7-11-19-26(29)28(23-20-25-18-12-13-21-27-25)22-14-17-24-15-9-8-10-16-24/h8-10,12-18,21H,2-7,11,19-20,22-23H2,1H3/b17-14+. The predicted molar refractivity (Wildman–Crippen MR) is 123 cm³/mol. The molecule has 1 aromatic heterocycles. The van der Waals surface area contributed by atoms with E-state index in [-0.39, 0.29) is 5.91 Å². The van der Waals surface area contributed by atoms with E-state index >= 15 is 0 Å². The molecule has 156 valence electrons. The van der Waals surface area contributed by atoms with Gasteiger partial charge in [-0.1, -0.05) is 94.0 Å². The van der Waals surface area contributed by atoms with E-state index in [1.165, 1.54) is 32.1 Å². The summed E-state index contributed by atoms with van der Waals surface area (Å²) in [6, 6.07) is 16.2. The molecule has 3 nitrogen and oxygen atoms in total. The van der Waals surface area contributed by atoms with Gasteiger partial charge in [0.25, 0.3) is 0 Å². The predicted octanol–water partition coefficient (Wildman–Crippen LogP) is 6.31. The molecular weight excluding hydrogens is 356 g/mol. The summed E-state index contributed by atoms with van der Waals surface area (Å²) in [7, 11) is 0. The molecule has 0 unspecified atom stereocenters. The number of pyridine rings is 1. The second kappa shape index (κ2) is 14.6. The summed E-state index contributed by atoms with van der Waals surface area (Å²) in [5.74, 6) is 0.257. The number of hydrogen-bond acceptors (Lipinski definition) is 2. The Morgan fingerprint density at radius 2 is 1.66 bits per heavy atom. The number of aromatic nitrogens is 1. The average Bonchev–Trinajstić information content (AvgIpc) is 2.76. The minimum Gasteiger partial charge on any atom is -0.339 e. The molecule has 1 aromatic carbocycles. The Balaban J connectivity index is 1.81. The van der Waals surface area contributed by atoms with E-state index in [1.54, 1.807) is 0 Å². The summed E-state index contributed by atoms with van der Waals surface area (Å²) in [6.45, 7) is 3.60. The normalized spacial score (nSPS) is 11.1. The molecule has 1 heterocycles. The zero-order valence-electron chi connectivity index (χ0n) is 17.9. The minimum absolute atomic E-state index is 0.257. The maximum absolute atomic E-state index is 12.8. The van der Waals surface area contributed by atoms with Crippen LogP contribution in [0.1, 0.15) is 69.5 Å². The molecule has 0 spiro atoms. The van der Waals surface area contributed by atoms with Gasteiger partial charge in [-0.25, -0.2) is 0 Å². The van der Waals surface area contributed by atoms with Gasteiger partial charge in [0, 0.05) is 37.8 Å². The van der Waals surface area contributed by atoms with Crippen LogP contribution >= 0.6 is 0 Å². The first-order valence-corrected chi connectivity index (χ1v) is 11.2. The molecule has 29 heavy (non-hydrogen) atoms. The van der Waals surface area contributed by atoms with E-state index in [9.17, 15) is 4.79 Å². The first kappa shape index (κ1) is 22.9. The van der Waals surface area contributed by atoms with E-state index in [4.69, 9.17) is 0 Å². The Kier molecular flexibility index (Phi) is 11.5. The Morgan fingerprint density at radius 1 is 0.931 bits per heavy atom. The van der Waals surface area contributed by atoms with Crippen LogP contribution in [0.15, 0.2) is 60.8 Å². The van der Waals surface area contributed by atoms with E-state index in [0.717, 1.165) is 30.5 Å². The maximum atomic E-state index is 12.8.